The minimum Gasteiger partial charge on any atom is -0.400 e. The fourth-order valence-electron chi connectivity index (χ4n) is 3.00. The maximum atomic E-state index is 11.9. The van der Waals surface area contributed by atoms with Crippen molar-refractivity contribution in [3.8, 4) is 0 Å². The summed E-state index contributed by atoms with van der Waals surface area (Å²) in [5, 5.41) is 6.23. The number of carbonyl (C=O) groups is 1. The minimum atomic E-state index is 0.0748. The minimum absolute atomic E-state index is 0.0748. The number of amides is 1. The highest BCUT2D eigenvalue weighted by Gasteiger charge is 2.32. The first kappa shape index (κ1) is 13.1. The van der Waals surface area contributed by atoms with Gasteiger partial charge in [-0.1, -0.05) is 12.2 Å². The van der Waals surface area contributed by atoms with Crippen LogP contribution in [0, 0.1) is 11.8 Å². The summed E-state index contributed by atoms with van der Waals surface area (Å²) in [5.41, 5.74) is 9.11. The Balaban J connectivity index is 1.57. The number of anilines is 1. The number of hydrogen-bond donors (Lipinski definition) is 3. The second kappa shape index (κ2) is 5.02. The molecular weight excluding hydrogens is 276 g/mol. The molecule has 2 aliphatic carbocycles. The third-order valence-electron chi connectivity index (χ3n) is 4.40. The highest BCUT2D eigenvalue weighted by molar-refractivity contribution is 5.93. The summed E-state index contributed by atoms with van der Waals surface area (Å²) in [6, 6.07) is 4.02. The summed E-state index contributed by atoms with van der Waals surface area (Å²) in [6.07, 6.45) is 11.8. The zero-order valence-corrected chi connectivity index (χ0v) is 12.1. The third kappa shape index (κ3) is 2.28. The molecule has 0 saturated heterocycles. The molecule has 4 rings (SSSR count). The quantitative estimate of drug-likeness (QED) is 0.794. The van der Waals surface area contributed by atoms with Crippen LogP contribution < -0.4 is 16.4 Å². The van der Waals surface area contributed by atoms with Crippen molar-refractivity contribution in [2.75, 3.05) is 5.32 Å². The fourth-order valence-corrected chi connectivity index (χ4v) is 3.00. The molecule has 2 heterocycles. The Morgan fingerprint density at radius 1 is 1.41 bits per heavy atom. The summed E-state index contributed by atoms with van der Waals surface area (Å²) in [5.74, 6) is 1.08. The van der Waals surface area contributed by atoms with Crippen molar-refractivity contribution in [1.29, 1.82) is 0 Å². The number of aromatic nitrogens is 1. The molecule has 5 heteroatoms. The Hall–Kier alpha value is -2.56. The Morgan fingerprint density at radius 2 is 2.27 bits per heavy atom. The Kier molecular flexibility index (Phi) is 2.99. The molecule has 3 aliphatic rings. The van der Waals surface area contributed by atoms with E-state index in [0.717, 1.165) is 24.1 Å². The average Bonchev–Trinajstić information content (AvgIpc) is 3.28. The molecule has 1 amide bonds. The fraction of sp³-hybridized carbons (Fsp3) is 0.294. The lowest BCUT2D eigenvalue weighted by molar-refractivity contribution is -0.117. The molecule has 1 aliphatic heterocycles. The van der Waals surface area contributed by atoms with E-state index < -0.39 is 0 Å². The van der Waals surface area contributed by atoms with Crippen LogP contribution in [0.15, 0.2) is 48.5 Å². The van der Waals surface area contributed by atoms with Gasteiger partial charge >= 0.3 is 0 Å². The Labute approximate surface area is 129 Å². The van der Waals surface area contributed by atoms with Gasteiger partial charge in [-0.3, -0.25) is 4.79 Å². The molecule has 5 nitrogen and oxygen atoms in total. The predicted octanol–water partition coefficient (Wildman–Crippen LogP) is 1.77. The molecule has 1 saturated carbocycles. The number of nitrogens with one attached hydrogen (secondary N) is 2. The molecule has 2 unspecified atom stereocenters. The predicted molar refractivity (Wildman–Crippen MR) is 85.4 cm³/mol. The van der Waals surface area contributed by atoms with Crippen LogP contribution in [-0.2, 0) is 4.79 Å². The lowest BCUT2D eigenvalue weighted by atomic mass is 9.86. The van der Waals surface area contributed by atoms with Gasteiger partial charge in [0, 0.05) is 29.9 Å². The number of rotatable bonds is 3. The molecule has 2 atom stereocenters. The van der Waals surface area contributed by atoms with Crippen LogP contribution >= 0.6 is 0 Å². The zero-order chi connectivity index (χ0) is 15.1. The molecule has 0 aromatic carbocycles. The molecule has 1 fully saturated rings. The Morgan fingerprint density at radius 3 is 3.09 bits per heavy atom. The summed E-state index contributed by atoms with van der Waals surface area (Å²) < 4.78 is 0. The first-order chi connectivity index (χ1) is 10.7. The first-order valence-electron chi connectivity index (χ1n) is 7.59. The highest BCUT2D eigenvalue weighted by Crippen LogP contribution is 2.36. The van der Waals surface area contributed by atoms with Gasteiger partial charge in [0.05, 0.1) is 6.04 Å². The van der Waals surface area contributed by atoms with Crippen LogP contribution in [0.1, 0.15) is 18.4 Å². The summed E-state index contributed by atoms with van der Waals surface area (Å²) in [7, 11) is 0. The second-order valence-corrected chi connectivity index (χ2v) is 6.01. The van der Waals surface area contributed by atoms with Crippen molar-refractivity contribution in [3.63, 3.8) is 0 Å². The third-order valence-corrected chi connectivity index (χ3v) is 4.40. The van der Waals surface area contributed by atoms with Gasteiger partial charge < -0.3 is 16.4 Å². The van der Waals surface area contributed by atoms with Gasteiger partial charge in [-0.2, -0.15) is 0 Å². The van der Waals surface area contributed by atoms with Gasteiger partial charge in [0.15, 0.2) is 0 Å². The van der Waals surface area contributed by atoms with E-state index in [1.807, 2.05) is 30.5 Å². The number of nitrogens with zero attached hydrogens (tertiary/aromatic N) is 1. The molecule has 0 spiro atoms. The number of pyridine rings is 1. The summed E-state index contributed by atoms with van der Waals surface area (Å²) >= 11 is 0. The SMILES string of the molecule is NC1=CC=CC2C(c3ccnc(NC(=O)C4CC4)c3)=CNC12. The highest BCUT2D eigenvalue weighted by atomic mass is 16.2. The van der Waals surface area contributed by atoms with Crippen molar-refractivity contribution >= 4 is 17.3 Å². The van der Waals surface area contributed by atoms with Gasteiger partial charge in [-0.25, -0.2) is 4.98 Å². The van der Waals surface area contributed by atoms with Crippen molar-refractivity contribution in [2.24, 2.45) is 17.6 Å². The van der Waals surface area contributed by atoms with E-state index in [2.05, 4.69) is 21.7 Å². The van der Waals surface area contributed by atoms with Crippen molar-refractivity contribution in [1.82, 2.24) is 10.3 Å². The molecular formula is C17H18N4O. The lowest BCUT2D eigenvalue weighted by Gasteiger charge is -2.23. The number of allylic oxidation sites excluding steroid dienone is 2. The zero-order valence-electron chi connectivity index (χ0n) is 12.1. The molecule has 0 bridgehead atoms. The average molecular weight is 294 g/mol. The maximum Gasteiger partial charge on any atom is 0.228 e. The maximum absolute atomic E-state index is 11.9. The van der Waals surface area contributed by atoms with Crippen molar-refractivity contribution in [2.45, 2.75) is 18.9 Å². The van der Waals surface area contributed by atoms with Gasteiger partial charge in [-0.05, 0) is 42.2 Å². The van der Waals surface area contributed by atoms with E-state index >= 15 is 0 Å². The molecule has 1 aromatic heterocycles. The number of hydrogen-bond acceptors (Lipinski definition) is 4. The molecule has 22 heavy (non-hydrogen) atoms. The van der Waals surface area contributed by atoms with E-state index in [0.29, 0.717) is 5.82 Å². The van der Waals surface area contributed by atoms with Crippen molar-refractivity contribution < 1.29 is 4.79 Å². The second-order valence-electron chi connectivity index (χ2n) is 6.01. The van der Waals surface area contributed by atoms with Gasteiger partial charge in [-0.15, -0.1) is 0 Å². The topological polar surface area (TPSA) is 80.0 Å². The molecule has 1 aromatic rings. The number of nitrogens with two attached hydrogens (primary N) is 1. The van der Waals surface area contributed by atoms with E-state index in [4.69, 9.17) is 5.73 Å². The summed E-state index contributed by atoms with van der Waals surface area (Å²) in [4.78, 5) is 16.1. The largest absolute Gasteiger partial charge is 0.400 e. The standard InChI is InChI=1S/C17H18N4O/c18-14-3-1-2-12-13(9-20-16(12)14)11-6-7-19-15(8-11)21-17(22)10-4-5-10/h1-3,6-10,12,16,20H,4-5,18H2,(H,19,21,22). The van der Waals surface area contributed by atoms with Crippen LogP contribution in [0.3, 0.4) is 0 Å². The Bertz CT molecular complexity index is 715. The van der Waals surface area contributed by atoms with Crippen LogP contribution in [0.25, 0.3) is 5.57 Å². The molecule has 112 valence electrons. The van der Waals surface area contributed by atoms with Gasteiger partial charge in [0.25, 0.3) is 0 Å². The van der Waals surface area contributed by atoms with Crippen LogP contribution in [0.2, 0.25) is 0 Å². The summed E-state index contributed by atoms with van der Waals surface area (Å²) in [6.45, 7) is 0. The van der Waals surface area contributed by atoms with Gasteiger partial charge in [0.1, 0.15) is 5.82 Å². The van der Waals surface area contributed by atoms with E-state index in [1.54, 1.807) is 6.20 Å². The lowest BCUT2D eigenvalue weighted by Crippen LogP contribution is -2.33. The number of carbonyl (C=O) groups excluding carboxylic acids is 1. The normalized spacial score (nSPS) is 25.8. The molecule has 4 N–H and O–H groups in total. The smallest absolute Gasteiger partial charge is 0.228 e. The molecule has 0 radical (unpaired) electrons. The van der Waals surface area contributed by atoms with E-state index in [1.165, 1.54) is 5.57 Å². The van der Waals surface area contributed by atoms with E-state index in [9.17, 15) is 4.79 Å². The van der Waals surface area contributed by atoms with Crippen molar-refractivity contribution in [3.05, 3.63) is 54.0 Å². The van der Waals surface area contributed by atoms with Gasteiger partial charge in [0.2, 0.25) is 5.91 Å². The first-order valence-corrected chi connectivity index (χ1v) is 7.59. The monoisotopic (exact) mass is 294 g/mol. The number of fused-ring (bicyclic) bond motifs is 1. The van der Waals surface area contributed by atoms with E-state index in [-0.39, 0.29) is 23.8 Å². The van der Waals surface area contributed by atoms with Crippen LogP contribution in [0.5, 0.6) is 0 Å². The van der Waals surface area contributed by atoms with Crippen LogP contribution in [-0.4, -0.2) is 16.9 Å². The van der Waals surface area contributed by atoms with Crippen LogP contribution in [0.4, 0.5) is 5.82 Å².